The predicted molar refractivity (Wildman–Crippen MR) is 80.9 cm³/mol. The molecule has 0 amide bonds. The van der Waals surface area contributed by atoms with Crippen molar-refractivity contribution in [2.75, 3.05) is 14.2 Å². The van der Waals surface area contributed by atoms with Crippen molar-refractivity contribution in [3.63, 3.8) is 0 Å². The van der Waals surface area contributed by atoms with Gasteiger partial charge in [0.05, 0.1) is 14.2 Å². The molecule has 0 spiro atoms. The Labute approximate surface area is 138 Å². The Balaban J connectivity index is 2.43. The molecule has 130 valence electrons. The molecule has 1 aromatic heterocycles. The van der Waals surface area contributed by atoms with Gasteiger partial charge in [-0.25, -0.2) is 22.4 Å². The van der Waals surface area contributed by atoms with Gasteiger partial charge in [0.2, 0.25) is 0 Å². The first-order chi connectivity index (χ1) is 11.9. The zero-order valence-corrected chi connectivity index (χ0v) is 13.0. The van der Waals surface area contributed by atoms with Crippen LogP contribution in [0.15, 0.2) is 33.5 Å². The maximum atomic E-state index is 14.1. The summed E-state index contributed by atoms with van der Waals surface area (Å²) in [5, 5.41) is 0.126. The van der Waals surface area contributed by atoms with Crippen LogP contribution in [0.3, 0.4) is 0 Å². The normalized spacial score (nSPS) is 11.0. The van der Waals surface area contributed by atoms with Crippen LogP contribution < -0.4 is 15.1 Å². The molecule has 3 rings (SSSR count). The number of benzene rings is 2. The highest BCUT2D eigenvalue weighted by Crippen LogP contribution is 2.37. The van der Waals surface area contributed by atoms with Gasteiger partial charge < -0.3 is 13.9 Å². The number of methoxy groups -OCH3 is 2. The molecule has 0 bridgehead atoms. The topological polar surface area (TPSA) is 48.7 Å². The number of fused-ring (bicyclic) bond motifs is 1. The Morgan fingerprint density at radius 3 is 2.08 bits per heavy atom. The maximum Gasteiger partial charge on any atom is 0.336 e. The van der Waals surface area contributed by atoms with Crippen LogP contribution in [0.2, 0.25) is 0 Å². The average Bonchev–Trinajstić information content (AvgIpc) is 2.61. The van der Waals surface area contributed by atoms with Crippen LogP contribution in [0.1, 0.15) is 0 Å². The molecule has 0 aliphatic heterocycles. The SMILES string of the molecule is COc1cc2oc(=O)cc(-c3cc(F)c(F)c(F)c3F)c2cc1OC. The van der Waals surface area contributed by atoms with Crippen molar-refractivity contribution in [3.05, 3.63) is 58.0 Å². The molecule has 1 heterocycles. The van der Waals surface area contributed by atoms with E-state index in [1.807, 2.05) is 0 Å². The van der Waals surface area contributed by atoms with Crippen molar-refractivity contribution in [2.45, 2.75) is 0 Å². The molecule has 0 fully saturated rings. The zero-order chi connectivity index (χ0) is 18.3. The summed E-state index contributed by atoms with van der Waals surface area (Å²) in [4.78, 5) is 11.8. The molecule has 0 saturated heterocycles. The Bertz CT molecular complexity index is 1040. The maximum absolute atomic E-state index is 14.1. The van der Waals surface area contributed by atoms with Gasteiger partial charge in [0.1, 0.15) is 5.58 Å². The molecule has 0 N–H and O–H groups in total. The summed E-state index contributed by atoms with van der Waals surface area (Å²) < 4.78 is 69.7. The van der Waals surface area contributed by atoms with E-state index in [9.17, 15) is 22.4 Å². The third kappa shape index (κ3) is 2.69. The van der Waals surface area contributed by atoms with Crippen LogP contribution in [-0.2, 0) is 0 Å². The lowest BCUT2D eigenvalue weighted by Gasteiger charge is -2.12. The third-order valence-electron chi connectivity index (χ3n) is 3.64. The van der Waals surface area contributed by atoms with Gasteiger partial charge in [-0.2, -0.15) is 0 Å². The van der Waals surface area contributed by atoms with E-state index in [1.54, 1.807) is 0 Å². The lowest BCUT2D eigenvalue weighted by atomic mass is 10.0. The first-order valence-corrected chi connectivity index (χ1v) is 6.90. The van der Waals surface area contributed by atoms with Gasteiger partial charge in [-0.3, -0.25) is 0 Å². The van der Waals surface area contributed by atoms with Gasteiger partial charge in [-0.1, -0.05) is 0 Å². The lowest BCUT2D eigenvalue weighted by Crippen LogP contribution is -2.03. The van der Waals surface area contributed by atoms with Crippen LogP contribution in [0.4, 0.5) is 17.6 Å². The van der Waals surface area contributed by atoms with Crippen LogP contribution in [0, 0.1) is 23.3 Å². The summed E-state index contributed by atoms with van der Waals surface area (Å²) in [6, 6.07) is 3.99. The first-order valence-electron chi connectivity index (χ1n) is 6.90. The number of hydrogen-bond acceptors (Lipinski definition) is 4. The highest BCUT2D eigenvalue weighted by molar-refractivity contribution is 5.95. The van der Waals surface area contributed by atoms with Crippen molar-refractivity contribution in [2.24, 2.45) is 0 Å². The molecule has 0 saturated carbocycles. The lowest BCUT2D eigenvalue weighted by molar-refractivity contribution is 0.355. The van der Waals surface area contributed by atoms with Crippen molar-refractivity contribution < 1.29 is 31.5 Å². The van der Waals surface area contributed by atoms with E-state index in [2.05, 4.69) is 0 Å². The monoisotopic (exact) mass is 354 g/mol. The largest absolute Gasteiger partial charge is 0.493 e. The van der Waals surface area contributed by atoms with E-state index in [0.717, 1.165) is 6.07 Å². The van der Waals surface area contributed by atoms with Gasteiger partial charge in [0, 0.05) is 28.6 Å². The van der Waals surface area contributed by atoms with E-state index in [-0.39, 0.29) is 28.0 Å². The number of halogens is 4. The summed E-state index contributed by atoms with van der Waals surface area (Å²) >= 11 is 0. The average molecular weight is 354 g/mol. The predicted octanol–water partition coefficient (Wildman–Crippen LogP) is 4.03. The van der Waals surface area contributed by atoms with Crippen LogP contribution in [-0.4, -0.2) is 14.2 Å². The van der Waals surface area contributed by atoms with Gasteiger partial charge in [0.15, 0.2) is 34.8 Å². The van der Waals surface area contributed by atoms with E-state index in [4.69, 9.17) is 13.9 Å². The quantitative estimate of drug-likeness (QED) is 0.308. The number of hydrogen-bond donors (Lipinski definition) is 0. The highest BCUT2D eigenvalue weighted by Gasteiger charge is 2.22. The molecule has 3 aromatic rings. The number of rotatable bonds is 3. The van der Waals surface area contributed by atoms with Crippen molar-refractivity contribution in [1.82, 2.24) is 0 Å². The van der Waals surface area contributed by atoms with E-state index in [0.29, 0.717) is 6.07 Å². The van der Waals surface area contributed by atoms with Gasteiger partial charge >= 0.3 is 5.63 Å². The summed E-state index contributed by atoms with van der Waals surface area (Å²) in [6.45, 7) is 0. The van der Waals surface area contributed by atoms with Crippen molar-refractivity contribution in [1.29, 1.82) is 0 Å². The van der Waals surface area contributed by atoms with Crippen molar-refractivity contribution >= 4 is 11.0 Å². The van der Waals surface area contributed by atoms with Crippen LogP contribution in [0.25, 0.3) is 22.1 Å². The second kappa shape index (κ2) is 6.12. The highest BCUT2D eigenvalue weighted by atomic mass is 19.2. The fourth-order valence-corrected chi connectivity index (χ4v) is 2.48. The fourth-order valence-electron chi connectivity index (χ4n) is 2.48. The molecule has 0 aliphatic carbocycles. The summed E-state index contributed by atoms with van der Waals surface area (Å²) in [5.74, 6) is -6.68. The molecule has 8 heteroatoms. The van der Waals surface area contributed by atoms with E-state index in [1.165, 1.54) is 26.4 Å². The molecule has 0 atom stereocenters. The Kier molecular flexibility index (Phi) is 4.12. The third-order valence-corrected chi connectivity index (χ3v) is 3.64. The molecule has 25 heavy (non-hydrogen) atoms. The zero-order valence-electron chi connectivity index (χ0n) is 13.0. The summed E-state index contributed by atoms with van der Waals surface area (Å²) in [7, 11) is 2.70. The minimum absolute atomic E-state index is 0.0234. The van der Waals surface area contributed by atoms with Crippen LogP contribution >= 0.6 is 0 Å². The minimum Gasteiger partial charge on any atom is -0.493 e. The first kappa shape index (κ1) is 16.8. The Hall–Kier alpha value is -3.03. The van der Waals surface area contributed by atoms with Gasteiger partial charge in [-0.15, -0.1) is 0 Å². The smallest absolute Gasteiger partial charge is 0.336 e. The van der Waals surface area contributed by atoms with E-state index < -0.39 is 34.5 Å². The number of ether oxygens (including phenoxy) is 2. The Morgan fingerprint density at radius 2 is 1.44 bits per heavy atom. The standard InChI is InChI=1S/C17H10F4O4/c1-23-12-4-8-7(5-14(22)25-11(8)6-13(12)24-2)9-3-10(18)16(20)17(21)15(9)19/h3-6H,1-2H3. The molecule has 0 aliphatic rings. The van der Waals surface area contributed by atoms with Gasteiger partial charge in [-0.05, 0) is 12.1 Å². The summed E-state index contributed by atoms with van der Waals surface area (Å²) in [6.07, 6.45) is 0. The van der Waals surface area contributed by atoms with E-state index >= 15 is 0 Å². The second-order valence-corrected chi connectivity index (χ2v) is 5.03. The molecular formula is C17H10F4O4. The van der Waals surface area contributed by atoms with Crippen LogP contribution in [0.5, 0.6) is 11.5 Å². The second-order valence-electron chi connectivity index (χ2n) is 5.03. The van der Waals surface area contributed by atoms with Crippen molar-refractivity contribution in [3.8, 4) is 22.6 Å². The molecule has 4 nitrogen and oxygen atoms in total. The Morgan fingerprint density at radius 1 is 0.800 bits per heavy atom. The summed E-state index contributed by atoms with van der Waals surface area (Å²) in [5.41, 5.74) is -1.71. The molecule has 0 radical (unpaired) electrons. The fraction of sp³-hybridized carbons (Fsp3) is 0.118. The minimum atomic E-state index is -1.98. The van der Waals surface area contributed by atoms with Gasteiger partial charge in [0.25, 0.3) is 0 Å². The molecule has 0 unspecified atom stereocenters. The molecule has 2 aromatic carbocycles. The molecular weight excluding hydrogens is 344 g/mol.